The average molecular weight is 300 g/mol. The molecule has 1 atom stereocenters. The highest BCUT2D eigenvalue weighted by Gasteiger charge is 2.18. The molecule has 0 fully saturated rings. The fourth-order valence-corrected chi connectivity index (χ4v) is 1.43. The zero-order valence-corrected chi connectivity index (χ0v) is 12.0. The summed E-state index contributed by atoms with van der Waals surface area (Å²) in [6, 6.07) is 7.36. The van der Waals surface area contributed by atoms with Gasteiger partial charge in [0.1, 0.15) is 5.75 Å². The smallest absolute Gasteiger partial charge is 0.238 e. The van der Waals surface area contributed by atoms with E-state index in [1.54, 1.807) is 0 Å². The second-order valence-electron chi connectivity index (χ2n) is 4.09. The van der Waals surface area contributed by atoms with Crippen molar-refractivity contribution in [2.45, 2.75) is 25.6 Å². The normalized spacial score (nSPS) is 12.3. The fourth-order valence-electron chi connectivity index (χ4n) is 1.32. The number of hydrogen-bond acceptors (Lipinski definition) is 2. The van der Waals surface area contributed by atoms with Gasteiger partial charge in [-0.1, -0.05) is 29.8 Å². The van der Waals surface area contributed by atoms with E-state index in [4.69, 9.17) is 4.74 Å². The summed E-state index contributed by atoms with van der Waals surface area (Å²) in [5, 5.41) is 2.85. The second kappa shape index (κ2) is 6.64. The van der Waals surface area contributed by atoms with Crippen LogP contribution in [0.4, 0.5) is 5.69 Å². The van der Waals surface area contributed by atoms with Gasteiger partial charge < -0.3 is 10.1 Å². The van der Waals surface area contributed by atoms with Crippen LogP contribution in [0.1, 0.15) is 20.8 Å². The number of carbonyl (C=O) groups is 1. The molecular weight excluding hydrogens is 282 g/mol. The van der Waals surface area contributed by atoms with Gasteiger partial charge in [0.05, 0.1) is 11.4 Å². The maximum Gasteiger partial charge on any atom is 0.238 e. The highest BCUT2D eigenvalue weighted by Crippen LogP contribution is 2.18. The van der Waals surface area contributed by atoms with Gasteiger partial charge in [-0.05, 0) is 37.1 Å². The van der Waals surface area contributed by atoms with E-state index >= 15 is 0 Å². The van der Waals surface area contributed by atoms with Crippen LogP contribution in [0.2, 0.25) is 0 Å². The fraction of sp³-hybridized carbons (Fsp3) is 0.462. The third kappa shape index (κ3) is 4.38. The van der Waals surface area contributed by atoms with E-state index < -0.39 is 0 Å². The van der Waals surface area contributed by atoms with Crippen molar-refractivity contribution in [3.63, 3.8) is 0 Å². The van der Waals surface area contributed by atoms with Crippen LogP contribution in [-0.4, -0.2) is 17.3 Å². The Morgan fingerprint density at radius 2 is 1.94 bits per heavy atom. The molecule has 4 heteroatoms. The molecule has 0 bridgehead atoms. The molecule has 0 aliphatic heterocycles. The summed E-state index contributed by atoms with van der Waals surface area (Å²) in [4.78, 5) is 11.6. The van der Waals surface area contributed by atoms with E-state index in [0.29, 0.717) is 6.61 Å². The largest absolute Gasteiger partial charge is 0.494 e. The van der Waals surface area contributed by atoms with Crippen molar-refractivity contribution in [2.75, 3.05) is 11.9 Å². The van der Waals surface area contributed by atoms with E-state index in [1.165, 1.54) is 0 Å². The molecule has 0 saturated heterocycles. The maximum absolute atomic E-state index is 11.8. The Morgan fingerprint density at radius 1 is 1.35 bits per heavy atom. The summed E-state index contributed by atoms with van der Waals surface area (Å²) in [5.41, 5.74) is 0.781. The standard InChI is InChI=1S/C13H18BrNO2/c1-4-17-11-7-5-10(6-8-11)15-13(16)12(14)9(2)3/h5-9,12H,4H2,1-3H3,(H,15,16)/t12-/m0/s1. The summed E-state index contributed by atoms with van der Waals surface area (Å²) in [6.07, 6.45) is 0. The first kappa shape index (κ1) is 14.0. The monoisotopic (exact) mass is 299 g/mol. The van der Waals surface area contributed by atoms with E-state index in [2.05, 4.69) is 21.2 Å². The second-order valence-corrected chi connectivity index (χ2v) is 5.08. The number of benzene rings is 1. The van der Waals surface area contributed by atoms with E-state index in [9.17, 15) is 4.79 Å². The maximum atomic E-state index is 11.8. The number of ether oxygens (including phenoxy) is 1. The predicted octanol–water partition coefficient (Wildman–Crippen LogP) is 3.44. The molecule has 0 aliphatic rings. The Kier molecular flexibility index (Phi) is 5.48. The summed E-state index contributed by atoms with van der Waals surface area (Å²) in [7, 11) is 0. The summed E-state index contributed by atoms with van der Waals surface area (Å²) < 4.78 is 5.33. The molecule has 1 rings (SSSR count). The Bertz CT molecular complexity index is 362. The quantitative estimate of drug-likeness (QED) is 0.846. The minimum Gasteiger partial charge on any atom is -0.494 e. The molecule has 94 valence electrons. The molecule has 1 aromatic rings. The van der Waals surface area contributed by atoms with Crippen molar-refractivity contribution >= 4 is 27.5 Å². The van der Waals surface area contributed by atoms with Crippen molar-refractivity contribution in [1.82, 2.24) is 0 Å². The van der Waals surface area contributed by atoms with Gasteiger partial charge in [0.15, 0.2) is 0 Å². The molecule has 17 heavy (non-hydrogen) atoms. The molecule has 0 aliphatic carbocycles. The molecule has 0 heterocycles. The van der Waals surface area contributed by atoms with Crippen LogP contribution >= 0.6 is 15.9 Å². The molecule has 0 saturated carbocycles. The van der Waals surface area contributed by atoms with Crippen molar-refractivity contribution < 1.29 is 9.53 Å². The van der Waals surface area contributed by atoms with Crippen LogP contribution < -0.4 is 10.1 Å². The van der Waals surface area contributed by atoms with Crippen molar-refractivity contribution in [1.29, 1.82) is 0 Å². The SMILES string of the molecule is CCOc1ccc(NC(=O)[C@@H](Br)C(C)C)cc1. The lowest BCUT2D eigenvalue weighted by molar-refractivity contribution is -0.116. The molecule has 0 radical (unpaired) electrons. The summed E-state index contributed by atoms with van der Waals surface area (Å²) in [6.45, 7) is 6.57. The van der Waals surface area contributed by atoms with Gasteiger partial charge in [0.25, 0.3) is 0 Å². The number of anilines is 1. The number of nitrogens with one attached hydrogen (secondary N) is 1. The molecular formula is C13H18BrNO2. The Morgan fingerprint density at radius 3 is 2.41 bits per heavy atom. The lowest BCUT2D eigenvalue weighted by atomic mass is 10.1. The number of rotatable bonds is 5. The van der Waals surface area contributed by atoms with Crippen LogP contribution in [0.15, 0.2) is 24.3 Å². The molecule has 3 nitrogen and oxygen atoms in total. The first-order chi connectivity index (χ1) is 8.04. The molecule has 0 aromatic heterocycles. The minimum atomic E-state index is -0.172. The average Bonchev–Trinajstić information content (AvgIpc) is 2.30. The highest BCUT2D eigenvalue weighted by atomic mass is 79.9. The molecule has 0 unspecified atom stereocenters. The van der Waals surface area contributed by atoms with Gasteiger partial charge in [-0.15, -0.1) is 0 Å². The van der Waals surface area contributed by atoms with E-state index in [1.807, 2.05) is 45.0 Å². The van der Waals surface area contributed by atoms with Crippen molar-refractivity contribution in [2.24, 2.45) is 5.92 Å². The molecule has 1 N–H and O–H groups in total. The van der Waals surface area contributed by atoms with Crippen molar-refractivity contribution in [3.8, 4) is 5.75 Å². The van der Waals surface area contributed by atoms with Gasteiger partial charge in [-0.25, -0.2) is 0 Å². The van der Waals surface area contributed by atoms with Crippen LogP contribution in [-0.2, 0) is 4.79 Å². The summed E-state index contributed by atoms with van der Waals surface area (Å²) >= 11 is 3.37. The number of hydrogen-bond donors (Lipinski definition) is 1. The van der Waals surface area contributed by atoms with Crippen LogP contribution in [0.25, 0.3) is 0 Å². The Hall–Kier alpha value is -1.03. The topological polar surface area (TPSA) is 38.3 Å². The lowest BCUT2D eigenvalue weighted by Gasteiger charge is -2.14. The van der Waals surface area contributed by atoms with Crippen LogP contribution in [0.3, 0.4) is 0 Å². The zero-order valence-electron chi connectivity index (χ0n) is 10.4. The minimum absolute atomic E-state index is 0.0239. The van der Waals surface area contributed by atoms with Gasteiger partial charge in [0.2, 0.25) is 5.91 Å². The zero-order chi connectivity index (χ0) is 12.8. The first-order valence-corrected chi connectivity index (χ1v) is 6.64. The van der Waals surface area contributed by atoms with Gasteiger partial charge in [0, 0.05) is 5.69 Å². The van der Waals surface area contributed by atoms with E-state index in [0.717, 1.165) is 11.4 Å². The number of halogens is 1. The van der Waals surface area contributed by atoms with Crippen molar-refractivity contribution in [3.05, 3.63) is 24.3 Å². The molecule has 0 spiro atoms. The Balaban J connectivity index is 2.60. The number of alkyl halides is 1. The van der Waals surface area contributed by atoms with Gasteiger partial charge >= 0.3 is 0 Å². The highest BCUT2D eigenvalue weighted by molar-refractivity contribution is 9.10. The number of amides is 1. The van der Waals surface area contributed by atoms with Gasteiger partial charge in [-0.2, -0.15) is 0 Å². The van der Waals surface area contributed by atoms with Crippen LogP contribution in [0, 0.1) is 5.92 Å². The van der Waals surface area contributed by atoms with Crippen LogP contribution in [0.5, 0.6) is 5.75 Å². The third-order valence-electron chi connectivity index (χ3n) is 2.27. The van der Waals surface area contributed by atoms with Gasteiger partial charge in [-0.3, -0.25) is 4.79 Å². The summed E-state index contributed by atoms with van der Waals surface area (Å²) in [5.74, 6) is 1.05. The number of carbonyl (C=O) groups excluding carboxylic acids is 1. The lowest BCUT2D eigenvalue weighted by Crippen LogP contribution is -2.26. The Labute approximate surface area is 111 Å². The first-order valence-electron chi connectivity index (χ1n) is 5.72. The van der Waals surface area contributed by atoms with E-state index in [-0.39, 0.29) is 16.7 Å². The molecule has 1 aromatic carbocycles. The molecule has 1 amide bonds. The predicted molar refractivity (Wildman–Crippen MR) is 73.8 cm³/mol. The third-order valence-corrected chi connectivity index (χ3v) is 3.74.